The Hall–Kier alpha value is -0.900. The predicted octanol–water partition coefficient (Wildman–Crippen LogP) is 7.72. The summed E-state index contributed by atoms with van der Waals surface area (Å²) < 4.78 is 75.1. The highest BCUT2D eigenvalue weighted by molar-refractivity contribution is 6.49. The van der Waals surface area contributed by atoms with Gasteiger partial charge in [0.25, 0.3) is 0 Å². The molecule has 2 unspecified atom stereocenters. The van der Waals surface area contributed by atoms with E-state index < -0.39 is 45.7 Å². The van der Waals surface area contributed by atoms with Crippen molar-refractivity contribution in [3.63, 3.8) is 0 Å². The quantitative estimate of drug-likeness (QED) is 0.240. The molecule has 0 heterocycles. The molecule has 0 aliphatic rings. The van der Waals surface area contributed by atoms with Crippen molar-refractivity contribution in [3.8, 4) is 0 Å². The Labute approximate surface area is 213 Å². The van der Waals surface area contributed by atoms with Crippen molar-refractivity contribution in [1.82, 2.24) is 0 Å². The molecule has 2 aromatic carbocycles. The Bertz CT molecular complexity index is 851. The molecule has 2 rings (SSSR count). The second kappa shape index (κ2) is 11.0. The maximum absolute atomic E-state index is 13.6. The topological polar surface area (TPSA) is 52.0 Å². The fourth-order valence-electron chi connectivity index (χ4n) is 3.57. The molecule has 0 amide bonds. The minimum Gasteiger partial charge on any atom is -0.326 e. The van der Waals surface area contributed by atoms with E-state index in [2.05, 4.69) is 0 Å². The third-order valence-electron chi connectivity index (χ3n) is 5.55. The van der Waals surface area contributed by atoms with Gasteiger partial charge < -0.3 is 11.5 Å². The number of hydrogen-bond donors (Lipinski definition) is 2. The van der Waals surface area contributed by atoms with Gasteiger partial charge in [0, 0.05) is 13.1 Å². The van der Waals surface area contributed by atoms with Crippen LogP contribution in [0.3, 0.4) is 0 Å². The number of benzene rings is 2. The summed E-state index contributed by atoms with van der Waals surface area (Å²) >= 11 is 22.7. The second-order valence-electron chi connectivity index (χ2n) is 7.92. The predicted molar refractivity (Wildman–Crippen MR) is 124 cm³/mol. The molecule has 2 nitrogen and oxygen atoms in total. The van der Waals surface area contributed by atoms with Crippen LogP contribution in [0.4, 0.5) is 26.3 Å². The van der Waals surface area contributed by atoms with Gasteiger partial charge in [0.1, 0.15) is 0 Å². The highest BCUT2D eigenvalue weighted by Gasteiger charge is 2.57. The monoisotopic (exact) mass is 568 g/mol. The molecule has 0 aliphatic heterocycles. The van der Waals surface area contributed by atoms with Crippen LogP contribution in [0.5, 0.6) is 0 Å². The second-order valence-corrected chi connectivity index (χ2v) is 10.9. The van der Waals surface area contributed by atoms with Crippen LogP contribution in [-0.4, -0.2) is 21.0 Å². The first kappa shape index (κ1) is 29.3. The summed E-state index contributed by atoms with van der Waals surface area (Å²) in [6.07, 6.45) is -12.0. The number of nitrogens with two attached hydrogens (primary N) is 2. The fourth-order valence-corrected chi connectivity index (χ4v) is 4.24. The van der Waals surface area contributed by atoms with Gasteiger partial charge >= 0.3 is 12.4 Å². The highest BCUT2D eigenvalue weighted by atomic mass is 35.5. The minimum absolute atomic E-state index is 0.160. The van der Waals surface area contributed by atoms with Crippen LogP contribution in [0.2, 0.25) is 0 Å². The van der Waals surface area contributed by atoms with E-state index in [0.29, 0.717) is 11.1 Å². The summed E-state index contributed by atoms with van der Waals surface area (Å²) in [5, 5.41) is 0. The van der Waals surface area contributed by atoms with Gasteiger partial charge in [0.2, 0.25) is 8.67 Å². The lowest BCUT2D eigenvalue weighted by Gasteiger charge is -2.36. The third-order valence-corrected chi connectivity index (χ3v) is 7.03. The standard InChI is InChI=1S/C22H22Cl4F6N2/c23-19(24,21(27,28)29)9-17(15-5-1-13(11-33)2-6-15)18(10-20(25,26)22(30,31)32)16-7-3-14(12-34)4-8-16/h1-8,17-18H,9-12,33-34H2. The Morgan fingerprint density at radius 1 is 0.559 bits per heavy atom. The van der Waals surface area contributed by atoms with Crippen molar-refractivity contribution >= 4 is 46.4 Å². The normalized spacial score (nSPS) is 15.3. The molecular weight excluding hydrogens is 548 g/mol. The Balaban J connectivity index is 2.68. The van der Waals surface area contributed by atoms with Crippen LogP contribution in [-0.2, 0) is 13.1 Å². The van der Waals surface area contributed by atoms with Crippen molar-refractivity contribution in [1.29, 1.82) is 0 Å². The molecule has 0 bridgehead atoms. The van der Waals surface area contributed by atoms with E-state index in [-0.39, 0.29) is 24.2 Å². The van der Waals surface area contributed by atoms with Gasteiger partial charge in [-0.2, -0.15) is 26.3 Å². The molecule has 0 spiro atoms. The van der Waals surface area contributed by atoms with Gasteiger partial charge in [0.05, 0.1) is 0 Å². The van der Waals surface area contributed by atoms with Crippen molar-refractivity contribution in [2.45, 2.75) is 58.8 Å². The van der Waals surface area contributed by atoms with Crippen LogP contribution in [0.25, 0.3) is 0 Å². The zero-order valence-corrected chi connectivity index (χ0v) is 20.6. The Kier molecular flexibility index (Phi) is 9.50. The summed E-state index contributed by atoms with van der Waals surface area (Å²) in [7, 11) is 0. The molecule has 0 aromatic heterocycles. The van der Waals surface area contributed by atoms with E-state index in [0.717, 1.165) is 0 Å². The van der Waals surface area contributed by atoms with E-state index in [4.69, 9.17) is 57.9 Å². The average molecular weight is 570 g/mol. The number of halogens is 10. The molecule has 0 saturated carbocycles. The molecule has 34 heavy (non-hydrogen) atoms. The summed E-state index contributed by atoms with van der Waals surface area (Å²) in [6, 6.07) is 12.2. The Morgan fingerprint density at radius 2 is 0.824 bits per heavy atom. The van der Waals surface area contributed by atoms with Crippen LogP contribution >= 0.6 is 46.4 Å². The van der Waals surface area contributed by atoms with Crippen molar-refractivity contribution < 1.29 is 26.3 Å². The van der Waals surface area contributed by atoms with E-state index in [9.17, 15) is 26.3 Å². The maximum atomic E-state index is 13.6. The summed E-state index contributed by atoms with van der Waals surface area (Å²) in [4.78, 5) is 0. The Morgan fingerprint density at radius 3 is 1.03 bits per heavy atom. The first-order chi connectivity index (χ1) is 15.5. The molecular formula is C22H22Cl4F6N2. The molecule has 190 valence electrons. The molecule has 0 aliphatic carbocycles. The van der Waals surface area contributed by atoms with Crippen molar-refractivity contribution in [2.24, 2.45) is 11.5 Å². The van der Waals surface area contributed by atoms with Gasteiger partial charge in [0.15, 0.2) is 0 Å². The smallest absolute Gasteiger partial charge is 0.326 e. The summed E-state index contributed by atoms with van der Waals surface area (Å²) in [5.41, 5.74) is 13.0. The van der Waals surface area contributed by atoms with E-state index in [1.165, 1.54) is 24.3 Å². The number of alkyl halides is 10. The third kappa shape index (κ3) is 7.08. The van der Waals surface area contributed by atoms with Gasteiger partial charge in [-0.1, -0.05) is 94.9 Å². The first-order valence-electron chi connectivity index (χ1n) is 9.99. The molecule has 4 N–H and O–H groups in total. The van der Waals surface area contributed by atoms with E-state index >= 15 is 0 Å². The number of rotatable bonds is 9. The number of hydrogen-bond acceptors (Lipinski definition) is 2. The molecule has 12 heteroatoms. The lowest BCUT2D eigenvalue weighted by atomic mass is 9.75. The molecule has 2 aromatic rings. The highest BCUT2D eigenvalue weighted by Crippen LogP contribution is 2.54. The lowest BCUT2D eigenvalue weighted by molar-refractivity contribution is -0.148. The van der Waals surface area contributed by atoms with E-state index in [1.54, 1.807) is 24.3 Å². The molecule has 2 atom stereocenters. The van der Waals surface area contributed by atoms with E-state index in [1.807, 2.05) is 0 Å². The minimum atomic E-state index is -5.05. The molecule has 0 saturated heterocycles. The van der Waals surface area contributed by atoms with Crippen LogP contribution in [0.1, 0.15) is 46.9 Å². The van der Waals surface area contributed by atoms with Crippen molar-refractivity contribution in [2.75, 3.05) is 0 Å². The van der Waals surface area contributed by atoms with Gasteiger partial charge in [-0.25, -0.2) is 0 Å². The fraction of sp³-hybridized carbons (Fsp3) is 0.455. The maximum Gasteiger partial charge on any atom is 0.421 e. The first-order valence-corrected chi connectivity index (χ1v) is 11.5. The average Bonchev–Trinajstić information content (AvgIpc) is 2.74. The van der Waals surface area contributed by atoms with Crippen molar-refractivity contribution in [3.05, 3.63) is 70.8 Å². The van der Waals surface area contributed by atoms with Gasteiger partial charge in [-0.15, -0.1) is 0 Å². The SMILES string of the molecule is NCc1ccc(C(CC(Cl)(Cl)C(F)(F)F)C(CC(Cl)(Cl)C(F)(F)F)c2ccc(CN)cc2)cc1. The van der Waals surface area contributed by atoms with Crippen LogP contribution < -0.4 is 11.5 Å². The summed E-state index contributed by atoms with van der Waals surface area (Å²) in [6.45, 7) is 0.319. The van der Waals surface area contributed by atoms with Gasteiger partial charge in [-0.3, -0.25) is 0 Å². The zero-order chi connectivity index (χ0) is 25.9. The lowest BCUT2D eigenvalue weighted by Crippen LogP contribution is -2.39. The largest absolute Gasteiger partial charge is 0.421 e. The molecule has 0 fully saturated rings. The van der Waals surface area contributed by atoms with Gasteiger partial charge in [-0.05, 0) is 46.9 Å². The van der Waals surface area contributed by atoms with Crippen LogP contribution in [0, 0.1) is 0 Å². The summed E-state index contributed by atoms with van der Waals surface area (Å²) in [5.74, 6) is -2.49. The zero-order valence-electron chi connectivity index (χ0n) is 17.5. The molecule has 0 radical (unpaired) electrons. The van der Waals surface area contributed by atoms with Crippen LogP contribution in [0.15, 0.2) is 48.5 Å².